The Bertz CT molecular complexity index is 560. The summed E-state index contributed by atoms with van der Waals surface area (Å²) in [6, 6.07) is 0. The van der Waals surface area contributed by atoms with E-state index in [1.807, 2.05) is 13.8 Å². The van der Waals surface area contributed by atoms with Gasteiger partial charge in [0.1, 0.15) is 0 Å². The Morgan fingerprint density at radius 1 is 1.33 bits per heavy atom. The van der Waals surface area contributed by atoms with Crippen LogP contribution in [0.2, 0.25) is 5.15 Å². The maximum absolute atomic E-state index is 11.3. The Labute approximate surface area is 112 Å². The molecule has 1 unspecified atom stereocenters. The minimum atomic E-state index is -2.83. The van der Waals surface area contributed by atoms with Gasteiger partial charge in [0, 0.05) is 6.54 Å². The van der Waals surface area contributed by atoms with Crippen molar-refractivity contribution in [2.45, 2.75) is 20.3 Å². The van der Waals surface area contributed by atoms with Crippen molar-refractivity contribution in [3.8, 4) is 0 Å². The molecule has 2 heterocycles. The molecule has 1 N–H and O–H groups in total. The number of anilines is 1. The summed E-state index contributed by atoms with van der Waals surface area (Å²) >= 11 is 5.99. The third-order valence-corrected chi connectivity index (χ3v) is 5.25. The third kappa shape index (κ3) is 3.11. The highest BCUT2D eigenvalue weighted by atomic mass is 35.5. The second-order valence-electron chi connectivity index (χ2n) is 4.68. The number of sulfone groups is 1. The molecule has 0 spiro atoms. The summed E-state index contributed by atoms with van der Waals surface area (Å²) in [5.74, 6) is 1.19. The van der Waals surface area contributed by atoms with Crippen molar-refractivity contribution in [3.05, 3.63) is 16.5 Å². The zero-order valence-corrected chi connectivity index (χ0v) is 12.0. The number of rotatable bonds is 3. The van der Waals surface area contributed by atoms with Gasteiger partial charge >= 0.3 is 0 Å². The van der Waals surface area contributed by atoms with Gasteiger partial charge in [0.2, 0.25) is 0 Å². The number of aryl methyl sites for hydroxylation is 2. The first-order valence-corrected chi connectivity index (χ1v) is 8.02. The molecule has 18 heavy (non-hydrogen) atoms. The van der Waals surface area contributed by atoms with Crippen molar-refractivity contribution in [1.29, 1.82) is 0 Å². The van der Waals surface area contributed by atoms with Crippen LogP contribution in [0.5, 0.6) is 0 Å². The van der Waals surface area contributed by atoms with Crippen molar-refractivity contribution in [2.24, 2.45) is 5.92 Å². The van der Waals surface area contributed by atoms with Crippen LogP contribution < -0.4 is 5.32 Å². The van der Waals surface area contributed by atoms with Crippen molar-refractivity contribution in [3.63, 3.8) is 0 Å². The lowest BCUT2D eigenvalue weighted by Gasteiger charge is -2.12. The molecule has 100 valence electrons. The van der Waals surface area contributed by atoms with Gasteiger partial charge in [-0.3, -0.25) is 0 Å². The summed E-state index contributed by atoms with van der Waals surface area (Å²) in [5, 5.41) is 3.42. The molecule has 0 aliphatic carbocycles. The number of hydrogen-bond acceptors (Lipinski definition) is 5. The summed E-state index contributed by atoms with van der Waals surface area (Å²) < 4.78 is 22.7. The molecule has 0 radical (unpaired) electrons. The van der Waals surface area contributed by atoms with Crippen LogP contribution in [-0.4, -0.2) is 36.4 Å². The van der Waals surface area contributed by atoms with Crippen LogP contribution >= 0.6 is 11.6 Å². The third-order valence-electron chi connectivity index (χ3n) is 3.15. The van der Waals surface area contributed by atoms with E-state index in [-0.39, 0.29) is 17.4 Å². The molecule has 1 aliphatic rings. The molecule has 1 aromatic heterocycles. The quantitative estimate of drug-likeness (QED) is 0.915. The Kier molecular flexibility index (Phi) is 3.77. The number of hydrogen-bond donors (Lipinski definition) is 1. The van der Waals surface area contributed by atoms with Gasteiger partial charge < -0.3 is 5.32 Å². The molecule has 0 amide bonds. The maximum Gasteiger partial charge on any atom is 0.171 e. The monoisotopic (exact) mass is 289 g/mol. The highest BCUT2D eigenvalue weighted by molar-refractivity contribution is 7.91. The van der Waals surface area contributed by atoms with Crippen LogP contribution in [0.1, 0.15) is 17.8 Å². The Morgan fingerprint density at radius 2 is 2.00 bits per heavy atom. The first-order chi connectivity index (χ1) is 8.37. The van der Waals surface area contributed by atoms with Crippen LogP contribution in [-0.2, 0) is 9.84 Å². The molecule has 0 bridgehead atoms. The predicted molar refractivity (Wildman–Crippen MR) is 71.8 cm³/mol. The second-order valence-corrected chi connectivity index (χ2v) is 7.27. The number of nitrogens with one attached hydrogen (secondary N) is 1. The molecular weight excluding hydrogens is 274 g/mol. The molecule has 1 fully saturated rings. The number of halogens is 1. The van der Waals surface area contributed by atoms with Gasteiger partial charge in [-0.25, -0.2) is 18.4 Å². The smallest absolute Gasteiger partial charge is 0.171 e. The summed E-state index contributed by atoms with van der Waals surface area (Å²) in [4.78, 5) is 8.48. The van der Waals surface area contributed by atoms with Gasteiger partial charge in [0.05, 0.1) is 22.9 Å². The first-order valence-electron chi connectivity index (χ1n) is 5.82. The largest absolute Gasteiger partial charge is 0.367 e. The van der Waals surface area contributed by atoms with Crippen LogP contribution in [0.25, 0.3) is 0 Å². The van der Waals surface area contributed by atoms with Crippen molar-refractivity contribution in [2.75, 3.05) is 23.4 Å². The van der Waals surface area contributed by atoms with E-state index < -0.39 is 9.84 Å². The molecule has 0 saturated carbocycles. The fourth-order valence-electron chi connectivity index (χ4n) is 1.96. The summed E-state index contributed by atoms with van der Waals surface area (Å²) in [6.07, 6.45) is 0.700. The lowest BCUT2D eigenvalue weighted by atomic mass is 10.1. The SMILES string of the molecule is Cc1nc(Cl)c(NCC2CCS(=O)(=O)C2)nc1C. The highest BCUT2D eigenvalue weighted by Gasteiger charge is 2.27. The lowest BCUT2D eigenvalue weighted by molar-refractivity contribution is 0.595. The van der Waals surface area contributed by atoms with Gasteiger partial charge in [-0.15, -0.1) is 0 Å². The molecule has 0 aromatic carbocycles. The van der Waals surface area contributed by atoms with E-state index in [4.69, 9.17) is 11.6 Å². The molecule has 1 aromatic rings. The Balaban J connectivity index is 2.01. The number of aromatic nitrogens is 2. The van der Waals surface area contributed by atoms with Gasteiger partial charge in [-0.1, -0.05) is 11.6 Å². The summed E-state index contributed by atoms with van der Waals surface area (Å²) in [6.45, 7) is 4.28. The molecule has 1 aliphatic heterocycles. The van der Waals surface area contributed by atoms with Gasteiger partial charge in [-0.2, -0.15) is 0 Å². The van der Waals surface area contributed by atoms with Crippen LogP contribution in [0, 0.1) is 19.8 Å². The van der Waals surface area contributed by atoms with Gasteiger partial charge in [0.25, 0.3) is 0 Å². The molecule has 1 atom stereocenters. The van der Waals surface area contributed by atoms with E-state index in [9.17, 15) is 8.42 Å². The van der Waals surface area contributed by atoms with E-state index in [1.54, 1.807) is 0 Å². The lowest BCUT2D eigenvalue weighted by Crippen LogP contribution is -2.17. The van der Waals surface area contributed by atoms with Gasteiger partial charge in [0.15, 0.2) is 20.8 Å². The van der Waals surface area contributed by atoms with E-state index in [0.29, 0.717) is 23.9 Å². The van der Waals surface area contributed by atoms with E-state index >= 15 is 0 Å². The van der Waals surface area contributed by atoms with Crippen LogP contribution in [0.15, 0.2) is 0 Å². The fraction of sp³-hybridized carbons (Fsp3) is 0.636. The molecule has 2 rings (SSSR count). The highest BCUT2D eigenvalue weighted by Crippen LogP contribution is 2.22. The Morgan fingerprint density at radius 3 is 2.61 bits per heavy atom. The average Bonchev–Trinajstić information content (AvgIpc) is 2.62. The zero-order valence-electron chi connectivity index (χ0n) is 10.4. The molecule has 1 saturated heterocycles. The van der Waals surface area contributed by atoms with Crippen molar-refractivity contribution in [1.82, 2.24) is 9.97 Å². The topological polar surface area (TPSA) is 72.0 Å². The fourth-order valence-corrected chi connectivity index (χ4v) is 4.06. The first kappa shape index (κ1) is 13.5. The second kappa shape index (κ2) is 5.01. The van der Waals surface area contributed by atoms with Crippen LogP contribution in [0.3, 0.4) is 0 Å². The van der Waals surface area contributed by atoms with Gasteiger partial charge in [-0.05, 0) is 26.2 Å². The standard InChI is InChI=1S/C11H16ClN3O2S/c1-7-8(2)15-11(10(12)14-7)13-5-9-3-4-18(16,17)6-9/h9H,3-6H2,1-2H3,(H,13,15). The Hall–Kier alpha value is -0.880. The molecule has 5 nitrogen and oxygen atoms in total. The van der Waals surface area contributed by atoms with Crippen molar-refractivity contribution >= 4 is 27.3 Å². The molecular formula is C11H16ClN3O2S. The van der Waals surface area contributed by atoms with E-state index in [1.165, 1.54) is 0 Å². The summed E-state index contributed by atoms with van der Waals surface area (Å²) in [7, 11) is -2.83. The van der Waals surface area contributed by atoms with Crippen LogP contribution in [0.4, 0.5) is 5.82 Å². The minimum Gasteiger partial charge on any atom is -0.367 e. The molecule has 7 heteroatoms. The minimum absolute atomic E-state index is 0.134. The van der Waals surface area contributed by atoms with Crippen molar-refractivity contribution < 1.29 is 8.42 Å². The normalized spacial score (nSPS) is 22.1. The number of nitrogens with zero attached hydrogens (tertiary/aromatic N) is 2. The average molecular weight is 290 g/mol. The zero-order chi connectivity index (χ0) is 13.3. The maximum atomic E-state index is 11.3. The van der Waals surface area contributed by atoms with E-state index in [2.05, 4.69) is 15.3 Å². The van der Waals surface area contributed by atoms with E-state index in [0.717, 1.165) is 11.4 Å². The predicted octanol–water partition coefficient (Wildman–Crippen LogP) is 1.59. The summed E-state index contributed by atoms with van der Waals surface area (Å²) in [5.41, 5.74) is 1.62.